The summed E-state index contributed by atoms with van der Waals surface area (Å²) in [5.74, 6) is -0.0449. The maximum atomic E-state index is 11.6. The topological polar surface area (TPSA) is 78.9 Å². The number of benzene rings is 1. The van der Waals surface area contributed by atoms with Gasteiger partial charge in [-0.15, -0.1) is 0 Å². The van der Waals surface area contributed by atoms with Crippen molar-refractivity contribution < 1.29 is 27.4 Å². The average molecular weight is 323 g/mol. The van der Waals surface area contributed by atoms with Gasteiger partial charge in [-0.1, -0.05) is 0 Å². The Morgan fingerprint density at radius 3 is 2.20 bits per heavy atom. The minimum atomic E-state index is -4.02. The van der Waals surface area contributed by atoms with Crippen LogP contribution in [0.2, 0.25) is 0 Å². The first-order valence-electron chi connectivity index (χ1n) is 5.68. The van der Waals surface area contributed by atoms with Crippen LogP contribution in [0, 0.1) is 0 Å². The van der Waals surface area contributed by atoms with E-state index in [0.29, 0.717) is 5.75 Å². The Kier molecular flexibility index (Phi) is 5.64. The lowest BCUT2D eigenvalue weighted by Crippen LogP contribution is -2.10. The molecule has 0 aliphatic rings. The fourth-order valence-electron chi connectivity index (χ4n) is 1.64. The molecule has 0 aromatic heterocycles. The zero-order chi connectivity index (χ0) is 15.3. The Bertz CT molecular complexity index is 596. The Hall–Kier alpha value is -1.47. The third-order valence-corrected chi connectivity index (χ3v) is 3.87. The molecule has 0 bridgehead atoms. The predicted molar refractivity (Wildman–Crippen MR) is 72.9 cm³/mol. The maximum Gasteiger partial charge on any atom is 0.310 e. The number of halogens is 1. The van der Waals surface area contributed by atoms with Gasteiger partial charge in [0.05, 0.1) is 32.1 Å². The van der Waals surface area contributed by atoms with Crippen LogP contribution >= 0.6 is 10.7 Å². The second-order valence-electron chi connectivity index (χ2n) is 3.73. The van der Waals surface area contributed by atoms with Crippen LogP contribution < -0.4 is 9.47 Å². The van der Waals surface area contributed by atoms with Crippen molar-refractivity contribution in [2.24, 2.45) is 0 Å². The van der Waals surface area contributed by atoms with Crippen molar-refractivity contribution in [2.75, 3.05) is 20.8 Å². The molecule has 6 nitrogen and oxygen atoms in total. The SMILES string of the molecule is CCOC(=O)Cc1cc(OC)c(OC)cc1S(=O)(=O)Cl. The van der Waals surface area contributed by atoms with E-state index >= 15 is 0 Å². The van der Waals surface area contributed by atoms with Crippen LogP contribution in [0.25, 0.3) is 0 Å². The molecule has 0 heterocycles. The molecule has 112 valence electrons. The first-order valence-corrected chi connectivity index (χ1v) is 7.99. The zero-order valence-electron chi connectivity index (χ0n) is 11.3. The third-order valence-electron chi connectivity index (χ3n) is 2.47. The first kappa shape index (κ1) is 16.6. The predicted octanol–water partition coefficient (Wildman–Crippen LogP) is 1.74. The molecule has 0 fully saturated rings. The molecule has 0 unspecified atom stereocenters. The van der Waals surface area contributed by atoms with Crippen LogP contribution in [-0.4, -0.2) is 35.2 Å². The van der Waals surface area contributed by atoms with Crippen molar-refractivity contribution >= 4 is 25.7 Å². The third kappa shape index (κ3) is 4.01. The van der Waals surface area contributed by atoms with Crippen molar-refractivity contribution in [1.29, 1.82) is 0 Å². The fourth-order valence-corrected chi connectivity index (χ4v) is 2.76. The molecule has 0 aliphatic heterocycles. The van der Waals surface area contributed by atoms with Gasteiger partial charge in [-0.05, 0) is 18.6 Å². The van der Waals surface area contributed by atoms with Crippen molar-refractivity contribution in [3.63, 3.8) is 0 Å². The Balaban J connectivity index is 3.35. The molecule has 0 atom stereocenters. The number of carbonyl (C=O) groups excluding carboxylic acids is 1. The zero-order valence-corrected chi connectivity index (χ0v) is 12.9. The van der Waals surface area contributed by atoms with Gasteiger partial charge in [0.15, 0.2) is 11.5 Å². The normalized spacial score (nSPS) is 11.0. The summed E-state index contributed by atoms with van der Waals surface area (Å²) >= 11 is 0. The lowest BCUT2D eigenvalue weighted by molar-refractivity contribution is -0.142. The van der Waals surface area contributed by atoms with Gasteiger partial charge < -0.3 is 14.2 Å². The van der Waals surface area contributed by atoms with Crippen molar-refractivity contribution in [3.8, 4) is 11.5 Å². The monoisotopic (exact) mass is 322 g/mol. The van der Waals surface area contributed by atoms with E-state index in [0.717, 1.165) is 0 Å². The van der Waals surface area contributed by atoms with Crippen LogP contribution in [0.5, 0.6) is 11.5 Å². The van der Waals surface area contributed by atoms with E-state index in [2.05, 4.69) is 0 Å². The molecule has 0 saturated heterocycles. The highest BCUT2D eigenvalue weighted by Gasteiger charge is 2.22. The first-order chi connectivity index (χ1) is 9.33. The quantitative estimate of drug-likeness (QED) is 0.586. The Labute approximate surface area is 122 Å². The number of hydrogen-bond acceptors (Lipinski definition) is 6. The van der Waals surface area contributed by atoms with Gasteiger partial charge in [-0.3, -0.25) is 4.79 Å². The van der Waals surface area contributed by atoms with E-state index in [1.807, 2.05) is 0 Å². The van der Waals surface area contributed by atoms with E-state index in [-0.39, 0.29) is 29.2 Å². The van der Waals surface area contributed by atoms with Gasteiger partial charge in [0.1, 0.15) is 0 Å². The summed E-state index contributed by atoms with van der Waals surface area (Å²) in [5, 5.41) is 0. The van der Waals surface area contributed by atoms with E-state index < -0.39 is 15.0 Å². The Morgan fingerprint density at radius 1 is 1.20 bits per heavy atom. The number of esters is 1. The summed E-state index contributed by atoms with van der Waals surface area (Å²) < 4.78 is 38.0. The molecular formula is C12H15ClO6S. The highest BCUT2D eigenvalue weighted by Crippen LogP contribution is 2.34. The van der Waals surface area contributed by atoms with E-state index in [1.54, 1.807) is 6.92 Å². The molecule has 20 heavy (non-hydrogen) atoms. The molecule has 0 aliphatic carbocycles. The molecule has 0 radical (unpaired) electrons. The molecule has 0 N–H and O–H groups in total. The molecular weight excluding hydrogens is 308 g/mol. The molecule has 1 aromatic carbocycles. The van der Waals surface area contributed by atoms with Gasteiger partial charge in [0, 0.05) is 16.7 Å². The lowest BCUT2D eigenvalue weighted by atomic mass is 10.1. The highest BCUT2D eigenvalue weighted by atomic mass is 35.7. The van der Waals surface area contributed by atoms with Gasteiger partial charge in [-0.25, -0.2) is 8.42 Å². The Morgan fingerprint density at radius 2 is 1.75 bits per heavy atom. The minimum Gasteiger partial charge on any atom is -0.493 e. The molecule has 0 spiro atoms. The maximum absolute atomic E-state index is 11.6. The summed E-state index contributed by atoms with van der Waals surface area (Å²) in [7, 11) is 4.12. The number of ether oxygens (including phenoxy) is 3. The summed E-state index contributed by atoms with van der Waals surface area (Å²) in [6.07, 6.45) is -0.227. The minimum absolute atomic E-state index is 0.191. The summed E-state index contributed by atoms with van der Waals surface area (Å²) in [5.41, 5.74) is 0.191. The van der Waals surface area contributed by atoms with E-state index in [1.165, 1.54) is 26.4 Å². The summed E-state index contributed by atoms with van der Waals surface area (Å²) in [6.45, 7) is 1.86. The summed E-state index contributed by atoms with van der Waals surface area (Å²) in [6, 6.07) is 2.61. The number of hydrogen-bond donors (Lipinski definition) is 0. The van der Waals surface area contributed by atoms with Crippen LogP contribution in [0.15, 0.2) is 17.0 Å². The average Bonchev–Trinajstić information content (AvgIpc) is 2.37. The van der Waals surface area contributed by atoms with Gasteiger partial charge in [0.25, 0.3) is 9.05 Å². The van der Waals surface area contributed by atoms with E-state index in [9.17, 15) is 13.2 Å². The lowest BCUT2D eigenvalue weighted by Gasteiger charge is -2.13. The second kappa shape index (κ2) is 6.81. The molecule has 8 heteroatoms. The summed E-state index contributed by atoms with van der Waals surface area (Å²) in [4.78, 5) is 11.3. The van der Waals surface area contributed by atoms with E-state index in [4.69, 9.17) is 24.9 Å². The van der Waals surface area contributed by atoms with Crippen molar-refractivity contribution in [3.05, 3.63) is 17.7 Å². The van der Waals surface area contributed by atoms with Crippen LogP contribution in [-0.2, 0) is 25.0 Å². The number of methoxy groups -OCH3 is 2. The largest absolute Gasteiger partial charge is 0.493 e. The van der Waals surface area contributed by atoms with Gasteiger partial charge in [-0.2, -0.15) is 0 Å². The fraction of sp³-hybridized carbons (Fsp3) is 0.417. The smallest absolute Gasteiger partial charge is 0.310 e. The van der Waals surface area contributed by atoms with Crippen LogP contribution in [0.1, 0.15) is 12.5 Å². The number of carbonyl (C=O) groups is 1. The molecule has 1 rings (SSSR count). The van der Waals surface area contributed by atoms with Crippen molar-refractivity contribution in [2.45, 2.75) is 18.2 Å². The van der Waals surface area contributed by atoms with Crippen molar-refractivity contribution in [1.82, 2.24) is 0 Å². The highest BCUT2D eigenvalue weighted by molar-refractivity contribution is 8.13. The van der Waals surface area contributed by atoms with Crippen LogP contribution in [0.3, 0.4) is 0 Å². The molecule has 0 amide bonds. The van der Waals surface area contributed by atoms with Gasteiger partial charge >= 0.3 is 5.97 Å². The van der Waals surface area contributed by atoms with Crippen LogP contribution in [0.4, 0.5) is 0 Å². The molecule has 0 saturated carbocycles. The second-order valence-corrected chi connectivity index (χ2v) is 6.27. The number of rotatable bonds is 6. The molecule has 1 aromatic rings. The standard InChI is InChI=1S/C12H15ClO6S/c1-4-19-12(14)6-8-5-9(17-2)10(18-3)7-11(8)20(13,15)16/h5,7H,4,6H2,1-3H3. The van der Waals surface area contributed by atoms with Gasteiger partial charge in [0.2, 0.25) is 0 Å².